The van der Waals surface area contributed by atoms with Gasteiger partial charge in [0.1, 0.15) is 17.2 Å². The summed E-state index contributed by atoms with van der Waals surface area (Å²) in [5, 5.41) is 15.6. The Labute approximate surface area is 215 Å². The van der Waals surface area contributed by atoms with Crippen LogP contribution in [0.3, 0.4) is 0 Å². The maximum Gasteiger partial charge on any atom is 0.341 e. The summed E-state index contributed by atoms with van der Waals surface area (Å²) < 4.78 is 15.9. The molecular formula is C27H33FN6O3. The first-order valence-corrected chi connectivity index (χ1v) is 12.8. The number of carboxylic acids is 1. The van der Waals surface area contributed by atoms with Crippen LogP contribution in [0.15, 0.2) is 36.7 Å². The van der Waals surface area contributed by atoms with Gasteiger partial charge in [-0.15, -0.1) is 0 Å². The van der Waals surface area contributed by atoms with Crippen LogP contribution in [0.25, 0.3) is 5.65 Å². The smallest absolute Gasteiger partial charge is 0.341 e. The van der Waals surface area contributed by atoms with Gasteiger partial charge >= 0.3 is 5.97 Å². The zero-order chi connectivity index (χ0) is 26.3. The number of hydrogen-bond donors (Lipinski definition) is 2. The van der Waals surface area contributed by atoms with Crippen LogP contribution in [0.5, 0.6) is 0 Å². The van der Waals surface area contributed by atoms with E-state index in [0.29, 0.717) is 24.8 Å². The number of nitrogens with zero attached hydrogens (tertiary/aromatic N) is 5. The van der Waals surface area contributed by atoms with Crippen molar-refractivity contribution in [3.05, 3.63) is 59.2 Å². The molecule has 196 valence electrons. The summed E-state index contributed by atoms with van der Waals surface area (Å²) in [5.41, 5.74) is 4.88. The first-order chi connectivity index (χ1) is 17.6. The Kier molecular flexibility index (Phi) is 6.61. The van der Waals surface area contributed by atoms with Crippen LogP contribution in [0.1, 0.15) is 74.0 Å². The highest BCUT2D eigenvalue weighted by atomic mass is 19.1. The second kappa shape index (κ2) is 9.74. The number of carbonyl (C=O) groups excluding carboxylic acids is 1. The molecule has 1 aromatic carbocycles. The van der Waals surface area contributed by atoms with Gasteiger partial charge in [-0.25, -0.2) is 23.7 Å². The SMILES string of the molecule is CC(C)(C)C(=O)NN(CCc1ccc(F)cc1[C@H]1CCCN1c1ccn2ncc(C(=O)O)c2n1)C1CC1. The Balaban J connectivity index is 1.40. The first-order valence-electron chi connectivity index (χ1n) is 12.8. The molecule has 1 saturated carbocycles. The van der Waals surface area contributed by atoms with E-state index < -0.39 is 11.4 Å². The molecule has 3 aromatic rings. The largest absolute Gasteiger partial charge is 0.477 e. The van der Waals surface area contributed by atoms with Gasteiger partial charge in [0.2, 0.25) is 5.91 Å². The summed E-state index contributed by atoms with van der Waals surface area (Å²) in [4.78, 5) is 31.0. The average Bonchev–Trinajstić information content (AvgIpc) is 3.41. The normalized spacial score (nSPS) is 18.1. The Morgan fingerprint density at radius 3 is 2.70 bits per heavy atom. The highest BCUT2D eigenvalue weighted by Gasteiger charge is 2.34. The van der Waals surface area contributed by atoms with Gasteiger partial charge in [-0.2, -0.15) is 5.10 Å². The molecule has 5 rings (SSSR count). The van der Waals surface area contributed by atoms with Crippen LogP contribution in [-0.4, -0.2) is 55.7 Å². The van der Waals surface area contributed by atoms with Gasteiger partial charge in [-0.3, -0.25) is 10.2 Å². The number of nitrogens with one attached hydrogen (secondary N) is 1. The number of amides is 1. The minimum Gasteiger partial charge on any atom is -0.477 e. The molecule has 2 aromatic heterocycles. The zero-order valence-electron chi connectivity index (χ0n) is 21.4. The molecule has 1 amide bonds. The summed E-state index contributed by atoms with van der Waals surface area (Å²) >= 11 is 0. The number of benzene rings is 1. The number of carboxylic acid groups (broad SMARTS) is 1. The average molecular weight is 509 g/mol. The monoisotopic (exact) mass is 508 g/mol. The minimum atomic E-state index is -1.08. The lowest BCUT2D eigenvalue weighted by Gasteiger charge is -2.30. The van der Waals surface area contributed by atoms with Gasteiger partial charge in [0.25, 0.3) is 0 Å². The van der Waals surface area contributed by atoms with E-state index in [9.17, 15) is 19.1 Å². The second-order valence-electron chi connectivity index (χ2n) is 11.0. The van der Waals surface area contributed by atoms with Crippen molar-refractivity contribution in [3.8, 4) is 0 Å². The van der Waals surface area contributed by atoms with Crippen molar-refractivity contribution < 1.29 is 19.1 Å². The molecule has 0 radical (unpaired) electrons. The van der Waals surface area contributed by atoms with Crippen molar-refractivity contribution >= 4 is 23.3 Å². The third-order valence-electron chi connectivity index (χ3n) is 7.13. The van der Waals surface area contributed by atoms with Crippen LogP contribution in [0, 0.1) is 11.2 Å². The lowest BCUT2D eigenvalue weighted by molar-refractivity contribution is -0.134. The van der Waals surface area contributed by atoms with Crippen molar-refractivity contribution in [2.45, 2.75) is 65.0 Å². The molecular weight excluding hydrogens is 475 g/mol. The number of aromatic nitrogens is 3. The number of carbonyl (C=O) groups is 2. The number of fused-ring (bicyclic) bond motifs is 1. The molecule has 1 atom stereocenters. The highest BCUT2D eigenvalue weighted by Crippen LogP contribution is 2.38. The van der Waals surface area contributed by atoms with Crippen LogP contribution < -0.4 is 10.3 Å². The van der Waals surface area contributed by atoms with E-state index in [1.54, 1.807) is 12.3 Å². The van der Waals surface area contributed by atoms with Crippen LogP contribution in [0.4, 0.5) is 10.2 Å². The predicted molar refractivity (Wildman–Crippen MR) is 137 cm³/mol. The van der Waals surface area contributed by atoms with Gasteiger partial charge in [0, 0.05) is 30.7 Å². The summed E-state index contributed by atoms with van der Waals surface area (Å²) in [7, 11) is 0. The van der Waals surface area contributed by atoms with Crippen LogP contribution in [0.2, 0.25) is 0 Å². The number of hydrogen-bond acceptors (Lipinski definition) is 6. The van der Waals surface area contributed by atoms with Crippen molar-refractivity contribution in [3.63, 3.8) is 0 Å². The molecule has 2 fully saturated rings. The third kappa shape index (κ3) is 5.29. The van der Waals surface area contributed by atoms with E-state index >= 15 is 0 Å². The molecule has 1 saturated heterocycles. The van der Waals surface area contributed by atoms with Crippen LogP contribution in [-0.2, 0) is 11.2 Å². The maximum atomic E-state index is 14.5. The molecule has 3 heterocycles. The Morgan fingerprint density at radius 1 is 1.22 bits per heavy atom. The van der Waals surface area contributed by atoms with Gasteiger partial charge in [0.05, 0.1) is 12.2 Å². The zero-order valence-corrected chi connectivity index (χ0v) is 21.4. The highest BCUT2D eigenvalue weighted by molar-refractivity contribution is 5.94. The lowest BCUT2D eigenvalue weighted by Crippen LogP contribution is -2.49. The molecule has 0 unspecified atom stereocenters. The number of hydrazine groups is 1. The molecule has 0 bridgehead atoms. The molecule has 2 aliphatic rings. The van der Waals surface area contributed by atoms with Crippen molar-refractivity contribution in [1.29, 1.82) is 0 Å². The quantitative estimate of drug-likeness (QED) is 0.444. The van der Waals surface area contributed by atoms with E-state index in [2.05, 4.69) is 20.4 Å². The molecule has 10 heteroatoms. The number of rotatable bonds is 8. The van der Waals surface area contributed by atoms with Crippen molar-refractivity contribution in [1.82, 2.24) is 25.0 Å². The molecule has 1 aliphatic carbocycles. The molecule has 1 aliphatic heterocycles. The molecule has 2 N–H and O–H groups in total. The van der Waals surface area contributed by atoms with Gasteiger partial charge in [-0.05, 0) is 61.4 Å². The van der Waals surface area contributed by atoms with Gasteiger partial charge in [0.15, 0.2) is 5.65 Å². The van der Waals surface area contributed by atoms with Gasteiger partial charge < -0.3 is 10.0 Å². The van der Waals surface area contributed by atoms with E-state index in [4.69, 9.17) is 0 Å². The van der Waals surface area contributed by atoms with Crippen LogP contribution >= 0.6 is 0 Å². The van der Waals surface area contributed by atoms with E-state index in [0.717, 1.165) is 43.4 Å². The molecule has 9 nitrogen and oxygen atoms in total. The van der Waals surface area contributed by atoms with E-state index in [1.807, 2.05) is 37.9 Å². The fourth-order valence-electron chi connectivity index (χ4n) is 4.89. The first kappa shape index (κ1) is 25.1. The number of aromatic carboxylic acids is 1. The fourth-order valence-corrected chi connectivity index (χ4v) is 4.89. The standard InChI is InChI=1S/C27H33FN6O3/c1-27(2,3)26(37)31-33(19-8-9-19)13-10-17-6-7-18(28)15-20(17)22-5-4-12-32(22)23-11-14-34-24(30-23)21(16-29-34)25(35)36/h6-7,11,14-16,19,22H,4-5,8-10,12-13H2,1-3H3,(H,31,37)(H,35,36)/t22-/m1/s1. The summed E-state index contributed by atoms with van der Waals surface area (Å²) in [6.45, 7) is 7.06. The molecule has 37 heavy (non-hydrogen) atoms. The topological polar surface area (TPSA) is 103 Å². The second-order valence-corrected chi connectivity index (χ2v) is 11.0. The van der Waals surface area contributed by atoms with E-state index in [-0.39, 0.29) is 29.0 Å². The molecule has 0 spiro atoms. The Bertz CT molecular complexity index is 1330. The predicted octanol–water partition coefficient (Wildman–Crippen LogP) is 3.99. The lowest BCUT2D eigenvalue weighted by atomic mass is 9.95. The summed E-state index contributed by atoms with van der Waals surface area (Å²) in [5.74, 6) is -0.741. The number of halogens is 1. The fraction of sp³-hybridized carbons (Fsp3) is 0.481. The van der Waals surface area contributed by atoms with Crippen molar-refractivity contribution in [2.75, 3.05) is 18.0 Å². The minimum absolute atomic E-state index is 0.0113. The van der Waals surface area contributed by atoms with E-state index in [1.165, 1.54) is 16.8 Å². The summed E-state index contributed by atoms with van der Waals surface area (Å²) in [6.07, 6.45) is 7.52. The van der Waals surface area contributed by atoms with Crippen molar-refractivity contribution in [2.24, 2.45) is 5.41 Å². The Morgan fingerprint density at radius 2 is 2.00 bits per heavy atom. The number of anilines is 1. The Hall–Kier alpha value is -3.53. The maximum absolute atomic E-state index is 14.5. The van der Waals surface area contributed by atoms with Gasteiger partial charge in [-0.1, -0.05) is 26.8 Å². The summed E-state index contributed by atoms with van der Waals surface area (Å²) in [6, 6.07) is 7.01. The third-order valence-corrected chi connectivity index (χ3v) is 7.13.